The van der Waals surface area contributed by atoms with Crippen molar-refractivity contribution in [2.75, 3.05) is 6.54 Å². The van der Waals surface area contributed by atoms with Crippen LogP contribution in [0.3, 0.4) is 0 Å². The van der Waals surface area contributed by atoms with E-state index in [9.17, 15) is 4.79 Å². The molecular weight excluding hydrogens is 322 g/mol. The molecule has 0 spiro atoms. The number of carbonyl (C=O) groups is 1. The number of benzene rings is 1. The summed E-state index contributed by atoms with van der Waals surface area (Å²) < 4.78 is 1.19. The molecule has 1 aliphatic rings. The first-order chi connectivity index (χ1) is 11.7. The predicted molar refractivity (Wildman–Crippen MR) is 92.9 cm³/mol. The van der Waals surface area contributed by atoms with E-state index in [4.69, 9.17) is 0 Å². The summed E-state index contributed by atoms with van der Waals surface area (Å²) in [5, 5.41) is 15.0. The molecule has 2 aromatic heterocycles. The second-order valence-corrected chi connectivity index (χ2v) is 7.38. The Bertz CT molecular complexity index is 838. The molecule has 1 aromatic carbocycles. The number of amides is 1. The Morgan fingerprint density at radius 3 is 3.08 bits per heavy atom. The minimum atomic E-state index is -0.00910. The highest BCUT2D eigenvalue weighted by molar-refractivity contribution is 7.18. The van der Waals surface area contributed by atoms with Gasteiger partial charge in [-0.05, 0) is 25.0 Å². The van der Waals surface area contributed by atoms with E-state index in [1.807, 2.05) is 18.2 Å². The molecule has 2 atom stereocenters. The Hall–Kier alpha value is -2.28. The first kappa shape index (κ1) is 15.3. The third-order valence-corrected chi connectivity index (χ3v) is 5.83. The van der Waals surface area contributed by atoms with E-state index in [2.05, 4.69) is 38.7 Å². The van der Waals surface area contributed by atoms with Crippen molar-refractivity contribution >= 4 is 27.5 Å². The molecule has 0 bridgehead atoms. The maximum Gasteiger partial charge on any atom is 0.223 e. The summed E-state index contributed by atoms with van der Waals surface area (Å²) >= 11 is 1.70. The average Bonchev–Trinajstić information content (AvgIpc) is 3.24. The second-order valence-electron chi connectivity index (χ2n) is 6.32. The summed E-state index contributed by atoms with van der Waals surface area (Å²) in [5.41, 5.74) is 2.96. The minimum absolute atomic E-state index is 0.00910. The fourth-order valence-electron chi connectivity index (χ4n) is 3.09. The molecule has 2 N–H and O–H groups in total. The van der Waals surface area contributed by atoms with Crippen LogP contribution in [0, 0.1) is 5.92 Å². The van der Waals surface area contributed by atoms with Crippen LogP contribution in [-0.4, -0.2) is 32.8 Å². The van der Waals surface area contributed by atoms with Crippen molar-refractivity contribution in [3.8, 4) is 0 Å². The zero-order valence-corrected chi connectivity index (χ0v) is 14.3. The number of hydrogen-bond acceptors (Lipinski definition) is 5. The average molecular weight is 341 g/mol. The largest absolute Gasteiger partial charge is 0.355 e. The maximum absolute atomic E-state index is 12.5. The first-order valence-corrected chi connectivity index (χ1v) is 9.04. The van der Waals surface area contributed by atoms with Crippen molar-refractivity contribution in [3.63, 3.8) is 0 Å². The van der Waals surface area contributed by atoms with Gasteiger partial charge in [0.15, 0.2) is 0 Å². The molecule has 0 saturated carbocycles. The SMILES string of the molecule is CC(CNC(=O)C1CCc2n[nH]nc2C1)c1nc2ccccc2s1. The number of hydrogen-bond donors (Lipinski definition) is 2. The van der Waals surface area contributed by atoms with Crippen molar-refractivity contribution in [2.24, 2.45) is 5.92 Å². The Kier molecular flexibility index (Phi) is 4.02. The highest BCUT2D eigenvalue weighted by atomic mass is 32.1. The lowest BCUT2D eigenvalue weighted by atomic mass is 9.89. The van der Waals surface area contributed by atoms with Crippen LogP contribution in [0.1, 0.15) is 35.7 Å². The number of nitrogens with zero attached hydrogens (tertiary/aromatic N) is 3. The zero-order chi connectivity index (χ0) is 16.5. The van der Waals surface area contributed by atoms with Gasteiger partial charge in [0.25, 0.3) is 0 Å². The molecule has 124 valence electrons. The normalized spacial score (nSPS) is 18.3. The van der Waals surface area contributed by atoms with Gasteiger partial charge in [0.05, 0.1) is 26.6 Å². The van der Waals surface area contributed by atoms with E-state index in [1.54, 1.807) is 11.3 Å². The van der Waals surface area contributed by atoms with E-state index in [0.29, 0.717) is 13.0 Å². The molecule has 0 saturated heterocycles. The van der Waals surface area contributed by atoms with Crippen molar-refractivity contribution in [1.82, 2.24) is 25.7 Å². The van der Waals surface area contributed by atoms with Gasteiger partial charge in [0.2, 0.25) is 5.91 Å². The first-order valence-electron chi connectivity index (χ1n) is 8.22. The van der Waals surface area contributed by atoms with Gasteiger partial charge in [0.1, 0.15) is 0 Å². The lowest BCUT2D eigenvalue weighted by Gasteiger charge is -2.20. The third kappa shape index (κ3) is 2.91. The smallest absolute Gasteiger partial charge is 0.223 e. The molecule has 2 heterocycles. The number of carbonyl (C=O) groups excluding carboxylic acids is 1. The lowest BCUT2D eigenvalue weighted by Crippen LogP contribution is -2.36. The fraction of sp³-hybridized carbons (Fsp3) is 0.412. The molecule has 1 aliphatic carbocycles. The Balaban J connectivity index is 1.37. The van der Waals surface area contributed by atoms with Gasteiger partial charge in [-0.25, -0.2) is 4.98 Å². The number of rotatable bonds is 4. The topological polar surface area (TPSA) is 83.6 Å². The molecule has 1 amide bonds. The summed E-state index contributed by atoms with van der Waals surface area (Å²) in [6, 6.07) is 8.13. The van der Waals surface area contributed by atoms with Gasteiger partial charge < -0.3 is 5.32 Å². The number of H-pyrrole nitrogens is 1. The molecule has 0 fully saturated rings. The van der Waals surface area contributed by atoms with Crippen LogP contribution in [-0.2, 0) is 17.6 Å². The molecule has 2 unspecified atom stereocenters. The zero-order valence-electron chi connectivity index (χ0n) is 13.5. The summed E-state index contributed by atoms with van der Waals surface area (Å²) in [7, 11) is 0. The quantitative estimate of drug-likeness (QED) is 0.763. The second kappa shape index (κ2) is 6.32. The molecule has 4 rings (SSSR count). The Morgan fingerprint density at radius 2 is 2.21 bits per heavy atom. The molecule has 0 aliphatic heterocycles. The maximum atomic E-state index is 12.5. The molecule has 0 radical (unpaired) electrons. The molecular formula is C17H19N5OS. The number of aromatic nitrogens is 4. The van der Waals surface area contributed by atoms with E-state index >= 15 is 0 Å². The lowest BCUT2D eigenvalue weighted by molar-refractivity contribution is -0.125. The van der Waals surface area contributed by atoms with Crippen LogP contribution >= 0.6 is 11.3 Å². The highest BCUT2D eigenvalue weighted by Gasteiger charge is 2.27. The molecule has 7 heteroatoms. The standard InChI is InChI=1S/C17H19N5OS/c1-10(17-19-13-4-2-3-5-15(13)24-17)9-18-16(23)11-6-7-12-14(8-11)21-22-20-12/h2-5,10-11H,6-9H2,1H3,(H,18,23)(H,20,21,22). The monoisotopic (exact) mass is 341 g/mol. The van der Waals surface area contributed by atoms with Gasteiger partial charge in [-0.15, -0.1) is 11.3 Å². The summed E-state index contributed by atoms with van der Waals surface area (Å²) in [4.78, 5) is 17.1. The van der Waals surface area contributed by atoms with Crippen LogP contribution in [0.15, 0.2) is 24.3 Å². The molecule has 6 nitrogen and oxygen atoms in total. The van der Waals surface area contributed by atoms with Crippen molar-refractivity contribution in [2.45, 2.75) is 32.1 Å². The van der Waals surface area contributed by atoms with Crippen molar-refractivity contribution < 1.29 is 4.79 Å². The Labute approximate surface area is 143 Å². The predicted octanol–water partition coefficient (Wildman–Crippen LogP) is 2.44. The summed E-state index contributed by atoms with van der Waals surface area (Å²) in [6.45, 7) is 2.72. The van der Waals surface area contributed by atoms with E-state index in [-0.39, 0.29) is 17.7 Å². The van der Waals surface area contributed by atoms with Crippen LogP contribution in [0.4, 0.5) is 0 Å². The third-order valence-electron chi connectivity index (χ3n) is 4.56. The van der Waals surface area contributed by atoms with Crippen LogP contribution in [0.5, 0.6) is 0 Å². The summed E-state index contributed by atoms with van der Waals surface area (Å²) in [5.74, 6) is 0.305. The van der Waals surface area contributed by atoms with E-state index in [1.165, 1.54) is 4.70 Å². The number of nitrogens with one attached hydrogen (secondary N) is 2. The van der Waals surface area contributed by atoms with Crippen molar-refractivity contribution in [1.29, 1.82) is 0 Å². The van der Waals surface area contributed by atoms with Crippen LogP contribution in [0.2, 0.25) is 0 Å². The molecule has 3 aromatic rings. The number of para-hydroxylation sites is 1. The van der Waals surface area contributed by atoms with E-state index < -0.39 is 0 Å². The van der Waals surface area contributed by atoms with Gasteiger partial charge in [-0.2, -0.15) is 15.4 Å². The number of aromatic amines is 1. The number of thiazole rings is 1. The minimum Gasteiger partial charge on any atom is -0.355 e. The van der Waals surface area contributed by atoms with Gasteiger partial charge in [-0.1, -0.05) is 19.1 Å². The number of aryl methyl sites for hydroxylation is 1. The van der Waals surface area contributed by atoms with Crippen LogP contribution < -0.4 is 5.32 Å². The Morgan fingerprint density at radius 1 is 1.38 bits per heavy atom. The summed E-state index contributed by atoms with van der Waals surface area (Å²) in [6.07, 6.45) is 2.32. The molecule has 24 heavy (non-hydrogen) atoms. The van der Waals surface area contributed by atoms with Gasteiger partial charge in [-0.3, -0.25) is 4.79 Å². The number of fused-ring (bicyclic) bond motifs is 2. The van der Waals surface area contributed by atoms with Gasteiger partial charge in [0, 0.05) is 24.8 Å². The fourth-order valence-corrected chi connectivity index (χ4v) is 4.11. The van der Waals surface area contributed by atoms with Crippen LogP contribution in [0.25, 0.3) is 10.2 Å². The van der Waals surface area contributed by atoms with Crippen molar-refractivity contribution in [3.05, 3.63) is 40.7 Å². The van der Waals surface area contributed by atoms with E-state index in [0.717, 1.165) is 34.8 Å². The van der Waals surface area contributed by atoms with Gasteiger partial charge >= 0.3 is 0 Å². The highest BCUT2D eigenvalue weighted by Crippen LogP contribution is 2.27.